The molecule has 4 aromatic carbocycles. The number of hydrogen-bond donors (Lipinski definition) is 0. The molecule has 0 aliphatic heterocycles. The monoisotopic (exact) mass is 546 g/mol. The van der Waals surface area contributed by atoms with Crippen LogP contribution in [0.5, 0.6) is 0 Å². The molecule has 0 saturated carbocycles. The molecule has 0 radical (unpaired) electrons. The van der Waals surface area contributed by atoms with Crippen molar-refractivity contribution in [2.24, 2.45) is 0 Å². The fourth-order valence-electron chi connectivity index (χ4n) is 4.80. The van der Waals surface area contributed by atoms with Gasteiger partial charge in [0.25, 0.3) is 0 Å². The fourth-order valence-corrected chi connectivity index (χ4v) is 42.5. The van der Waals surface area contributed by atoms with E-state index in [9.17, 15) is 0 Å². The first-order valence-corrected chi connectivity index (χ1v) is 20.1. The van der Waals surface area contributed by atoms with Crippen LogP contribution in [0.2, 0.25) is 0 Å². The molecule has 0 heterocycles. The van der Waals surface area contributed by atoms with Gasteiger partial charge in [0.15, 0.2) is 0 Å². The minimum atomic E-state index is -0.546. The Kier molecular flexibility index (Phi) is 9.19. The van der Waals surface area contributed by atoms with Crippen LogP contribution in [0.3, 0.4) is 0 Å². The van der Waals surface area contributed by atoms with Gasteiger partial charge in [-0.1, -0.05) is 170 Å². The van der Waals surface area contributed by atoms with Crippen molar-refractivity contribution in [3.8, 4) is 0 Å². The number of hydrogen-bond acceptors (Lipinski definition) is 0. The molecule has 0 saturated heterocycles. The highest BCUT2D eigenvalue weighted by Gasteiger charge is 2.48. The van der Waals surface area contributed by atoms with Crippen LogP contribution in [0, 0.1) is 0 Å². The lowest BCUT2D eigenvalue weighted by molar-refractivity contribution is 0.720. The topological polar surface area (TPSA) is 0 Å². The van der Waals surface area contributed by atoms with E-state index < -0.39 is 22.2 Å². The second-order valence-corrected chi connectivity index (χ2v) is 28.1. The highest BCUT2D eigenvalue weighted by molar-refractivity contribution is 8.87. The van der Waals surface area contributed by atoms with Gasteiger partial charge in [0, 0.05) is 0 Å². The van der Waals surface area contributed by atoms with Gasteiger partial charge < -0.3 is 0 Å². The third-order valence-corrected chi connectivity index (χ3v) is 31.8. The smallest absolute Gasteiger partial charge is 0.00965 e. The van der Waals surface area contributed by atoms with Crippen LogP contribution < -0.4 is 21.2 Å². The summed E-state index contributed by atoms with van der Waals surface area (Å²) in [4.78, 5) is 0. The molecule has 36 heavy (non-hydrogen) atoms. The average Bonchev–Trinajstić information content (AvgIpc) is 2.85. The zero-order valence-corrected chi connectivity index (χ0v) is 25.9. The molecule has 0 unspecified atom stereocenters. The van der Waals surface area contributed by atoms with Gasteiger partial charge in [-0.25, -0.2) is 0 Å². The summed E-state index contributed by atoms with van der Waals surface area (Å²) < 4.78 is 0. The highest BCUT2D eigenvalue weighted by Crippen LogP contribution is 3.02. The van der Waals surface area contributed by atoms with Crippen LogP contribution in [-0.4, -0.2) is 10.3 Å². The van der Waals surface area contributed by atoms with E-state index in [4.69, 9.17) is 0 Å². The van der Waals surface area contributed by atoms with E-state index in [1.807, 2.05) is 0 Å². The lowest BCUT2D eigenvalue weighted by atomic mass is 10.2. The molecule has 0 nitrogen and oxygen atoms in total. The molecule has 0 N–H and O–H groups in total. The molecule has 4 aromatic rings. The molecule has 0 aliphatic carbocycles. The molecule has 0 fully saturated rings. The van der Waals surface area contributed by atoms with Crippen molar-refractivity contribution in [1.82, 2.24) is 0 Å². The largest absolute Gasteiger partial charge is 0.0622 e. The molecular weight excluding hydrogens is 508 g/mol. The number of rotatable bonds is 7. The standard InChI is InChI=1S/C32H38P4/c1-31(2,3)35(32(4,5)6)36(33(27-19-11-7-12-20-27)28-21-13-8-14-22-28)34(29-23-15-9-16-24-29)30-25-17-10-18-26-30/h7-26H,1-6H3. The van der Waals surface area contributed by atoms with Crippen molar-refractivity contribution < 1.29 is 0 Å². The summed E-state index contributed by atoms with van der Waals surface area (Å²) in [6, 6.07) is 45.8. The van der Waals surface area contributed by atoms with Gasteiger partial charge in [0.2, 0.25) is 0 Å². The molecule has 4 rings (SSSR count). The van der Waals surface area contributed by atoms with Crippen molar-refractivity contribution in [2.45, 2.75) is 51.9 Å². The van der Waals surface area contributed by atoms with Gasteiger partial charge in [-0.05, 0) is 53.7 Å². The SMILES string of the molecule is CC(C)(C)P(P(P(c1ccccc1)c1ccccc1)P(c1ccccc1)c1ccccc1)C(C)(C)C. The van der Waals surface area contributed by atoms with Gasteiger partial charge in [0.1, 0.15) is 0 Å². The summed E-state index contributed by atoms with van der Waals surface area (Å²) in [6.45, 7) is 14.6. The molecule has 0 aromatic heterocycles. The lowest BCUT2D eigenvalue weighted by Gasteiger charge is -2.51. The summed E-state index contributed by atoms with van der Waals surface area (Å²) >= 11 is 0. The van der Waals surface area contributed by atoms with Gasteiger partial charge >= 0.3 is 0 Å². The Morgan fingerprint density at radius 3 is 0.778 bits per heavy atom. The zero-order chi connectivity index (χ0) is 25.8. The quantitative estimate of drug-likeness (QED) is 0.203. The Balaban J connectivity index is 2.08. The van der Waals surface area contributed by atoms with Crippen LogP contribution in [0.1, 0.15) is 41.5 Å². The third kappa shape index (κ3) is 6.53. The van der Waals surface area contributed by atoms with E-state index in [0.717, 1.165) is 0 Å². The van der Waals surface area contributed by atoms with E-state index >= 15 is 0 Å². The van der Waals surface area contributed by atoms with Crippen molar-refractivity contribution in [2.75, 3.05) is 0 Å². The van der Waals surface area contributed by atoms with Gasteiger partial charge in [0.05, 0.1) is 0 Å². The Hall–Kier alpha value is -1.40. The maximum atomic E-state index is 2.51. The molecule has 0 aliphatic rings. The maximum absolute atomic E-state index is 2.51. The minimum absolute atomic E-state index is 0.230. The number of benzene rings is 4. The van der Waals surface area contributed by atoms with Gasteiger partial charge in [-0.15, -0.1) is 0 Å². The van der Waals surface area contributed by atoms with Crippen LogP contribution in [0.4, 0.5) is 0 Å². The summed E-state index contributed by atoms with van der Waals surface area (Å²) in [7, 11) is -1.45. The lowest BCUT2D eigenvalue weighted by Crippen LogP contribution is -2.26. The summed E-state index contributed by atoms with van der Waals surface area (Å²) in [5.74, 6) is 0. The first-order valence-electron chi connectivity index (χ1n) is 12.6. The molecule has 4 heteroatoms. The molecule has 0 bridgehead atoms. The highest BCUT2D eigenvalue weighted by atomic mass is 32.8. The molecule has 0 amide bonds. The van der Waals surface area contributed by atoms with Gasteiger partial charge in [-0.3, -0.25) is 0 Å². The van der Waals surface area contributed by atoms with Crippen LogP contribution in [0.25, 0.3) is 0 Å². The first-order chi connectivity index (χ1) is 17.2. The summed E-state index contributed by atoms with van der Waals surface area (Å²) in [6.07, 6.45) is 0. The Morgan fingerprint density at radius 1 is 0.361 bits per heavy atom. The van der Waals surface area contributed by atoms with Crippen LogP contribution >= 0.6 is 29.8 Å². The predicted octanol–water partition coefficient (Wildman–Crippen LogP) is 9.56. The molecule has 0 atom stereocenters. The van der Waals surface area contributed by atoms with Crippen molar-refractivity contribution in [3.63, 3.8) is 0 Å². The van der Waals surface area contributed by atoms with Crippen molar-refractivity contribution in [3.05, 3.63) is 121 Å². The Morgan fingerprint density at radius 2 is 0.583 bits per heavy atom. The predicted molar refractivity (Wildman–Crippen MR) is 171 cm³/mol. The van der Waals surface area contributed by atoms with Crippen molar-refractivity contribution in [1.29, 1.82) is 0 Å². The van der Waals surface area contributed by atoms with E-state index in [1.54, 1.807) is 0 Å². The average molecular weight is 547 g/mol. The maximum Gasteiger partial charge on any atom is -0.00965 e. The third-order valence-electron chi connectivity index (χ3n) is 5.81. The minimum Gasteiger partial charge on any atom is -0.0622 e. The molecule has 186 valence electrons. The normalized spacial score (nSPS) is 12.6. The van der Waals surface area contributed by atoms with Crippen LogP contribution in [-0.2, 0) is 0 Å². The molecule has 0 spiro atoms. The van der Waals surface area contributed by atoms with E-state index in [2.05, 4.69) is 163 Å². The zero-order valence-electron chi connectivity index (χ0n) is 22.3. The second kappa shape index (κ2) is 12.0. The van der Waals surface area contributed by atoms with E-state index in [-0.39, 0.29) is 17.9 Å². The summed E-state index contributed by atoms with van der Waals surface area (Å²) in [5, 5.41) is 6.53. The Bertz CT molecular complexity index is 1020. The van der Waals surface area contributed by atoms with Crippen LogP contribution in [0.15, 0.2) is 121 Å². The Labute approximate surface area is 223 Å². The first kappa shape index (κ1) is 27.6. The fraction of sp³-hybridized carbons (Fsp3) is 0.250. The second-order valence-electron chi connectivity index (χ2n) is 10.9. The van der Waals surface area contributed by atoms with E-state index in [0.29, 0.717) is 0 Å². The van der Waals surface area contributed by atoms with Crippen molar-refractivity contribution >= 4 is 51.0 Å². The van der Waals surface area contributed by atoms with Gasteiger partial charge in [-0.2, -0.15) is 0 Å². The van der Waals surface area contributed by atoms with E-state index in [1.165, 1.54) is 21.2 Å². The summed E-state index contributed by atoms with van der Waals surface area (Å²) in [5.41, 5.74) is 0. The molecular formula is C32H38P4.